The van der Waals surface area contributed by atoms with E-state index in [9.17, 15) is 0 Å². The number of benzene rings is 3. The van der Waals surface area contributed by atoms with Gasteiger partial charge in [-0.25, -0.2) is 0 Å². The van der Waals surface area contributed by atoms with E-state index in [1.54, 1.807) is 0 Å². The maximum atomic E-state index is 2.38. The van der Waals surface area contributed by atoms with Crippen LogP contribution in [-0.2, 0) is 6.54 Å². The van der Waals surface area contributed by atoms with Gasteiger partial charge in [-0.2, -0.15) is 0 Å². The van der Waals surface area contributed by atoms with Crippen LogP contribution in [0.2, 0.25) is 0 Å². The summed E-state index contributed by atoms with van der Waals surface area (Å²) in [6, 6.07) is 25.8. The number of aromatic nitrogens is 1. The zero-order chi connectivity index (χ0) is 15.6. The third-order valence-corrected chi connectivity index (χ3v) is 4.38. The van der Waals surface area contributed by atoms with E-state index < -0.39 is 0 Å². The summed E-state index contributed by atoms with van der Waals surface area (Å²) in [5.41, 5.74) is 5.09. The summed E-state index contributed by atoms with van der Waals surface area (Å²) in [7, 11) is 0. The monoisotopic (exact) mass is 297 g/mol. The summed E-state index contributed by atoms with van der Waals surface area (Å²) in [5.74, 6) is 0. The number of aryl methyl sites for hydroxylation is 1. The van der Waals surface area contributed by atoms with Crippen molar-refractivity contribution in [1.29, 1.82) is 0 Å². The van der Waals surface area contributed by atoms with Gasteiger partial charge in [-0.05, 0) is 36.2 Å². The van der Waals surface area contributed by atoms with Crippen molar-refractivity contribution in [1.82, 2.24) is 4.57 Å². The molecular formula is C22H19N. The van der Waals surface area contributed by atoms with E-state index in [0.717, 1.165) is 6.54 Å². The molecule has 0 amide bonds. The van der Waals surface area contributed by atoms with Gasteiger partial charge in [0.25, 0.3) is 0 Å². The van der Waals surface area contributed by atoms with Crippen molar-refractivity contribution in [3.05, 3.63) is 83.9 Å². The molecule has 4 aromatic rings. The van der Waals surface area contributed by atoms with Gasteiger partial charge in [-0.1, -0.05) is 66.7 Å². The summed E-state index contributed by atoms with van der Waals surface area (Å²) in [4.78, 5) is 0. The minimum Gasteiger partial charge on any atom is -0.341 e. The van der Waals surface area contributed by atoms with Crippen molar-refractivity contribution in [2.45, 2.75) is 13.5 Å². The van der Waals surface area contributed by atoms with Crippen LogP contribution in [0.15, 0.2) is 72.8 Å². The molecule has 0 fully saturated rings. The number of nitrogens with zero attached hydrogens (tertiary/aromatic N) is 1. The molecule has 0 N–H and O–H groups in total. The largest absolute Gasteiger partial charge is 0.341 e. The van der Waals surface area contributed by atoms with Crippen LogP contribution in [0, 0.1) is 0 Å². The highest BCUT2D eigenvalue weighted by atomic mass is 15.0. The fourth-order valence-corrected chi connectivity index (χ4v) is 3.27. The Hall–Kier alpha value is -2.80. The highest BCUT2D eigenvalue weighted by molar-refractivity contribution is 6.08. The van der Waals surface area contributed by atoms with Gasteiger partial charge in [0.1, 0.15) is 0 Å². The number of para-hydroxylation sites is 1. The third-order valence-electron chi connectivity index (χ3n) is 4.38. The van der Waals surface area contributed by atoms with Crippen molar-refractivity contribution in [3.8, 4) is 0 Å². The van der Waals surface area contributed by atoms with Gasteiger partial charge >= 0.3 is 0 Å². The molecule has 0 atom stereocenters. The Morgan fingerprint density at radius 3 is 2.22 bits per heavy atom. The molecule has 0 spiro atoms. The molecule has 1 heterocycles. The smallest absolute Gasteiger partial charge is 0.0491 e. The molecule has 0 unspecified atom stereocenters. The summed E-state index contributed by atoms with van der Waals surface area (Å²) in [6.07, 6.45) is 4.35. The molecule has 23 heavy (non-hydrogen) atoms. The molecule has 0 aliphatic heterocycles. The second-order valence-corrected chi connectivity index (χ2v) is 5.78. The Bertz CT molecular complexity index is 991. The van der Waals surface area contributed by atoms with Crippen LogP contribution in [-0.4, -0.2) is 4.57 Å². The maximum Gasteiger partial charge on any atom is 0.0491 e. The first-order valence-corrected chi connectivity index (χ1v) is 8.11. The maximum absolute atomic E-state index is 2.38. The molecule has 0 saturated carbocycles. The van der Waals surface area contributed by atoms with E-state index >= 15 is 0 Å². The highest BCUT2D eigenvalue weighted by Gasteiger charge is 2.08. The number of rotatable bonds is 3. The average Bonchev–Trinajstić information content (AvgIpc) is 2.94. The van der Waals surface area contributed by atoms with Gasteiger partial charge in [0.15, 0.2) is 0 Å². The van der Waals surface area contributed by atoms with Crippen LogP contribution in [0.1, 0.15) is 18.1 Å². The van der Waals surface area contributed by atoms with Crippen molar-refractivity contribution in [2.75, 3.05) is 0 Å². The second-order valence-electron chi connectivity index (χ2n) is 5.78. The first-order chi connectivity index (χ1) is 11.4. The van der Waals surface area contributed by atoms with Gasteiger partial charge in [0.2, 0.25) is 0 Å². The fourth-order valence-electron chi connectivity index (χ4n) is 3.27. The predicted octanol–water partition coefficient (Wildman–Crippen LogP) is 5.98. The van der Waals surface area contributed by atoms with E-state index in [-0.39, 0.29) is 0 Å². The van der Waals surface area contributed by atoms with Crippen LogP contribution in [0.5, 0.6) is 0 Å². The highest BCUT2D eigenvalue weighted by Crippen LogP contribution is 2.30. The minimum atomic E-state index is 0.989. The van der Waals surface area contributed by atoms with Gasteiger partial charge in [-0.3, -0.25) is 0 Å². The lowest BCUT2D eigenvalue weighted by atomic mass is 10.1. The minimum absolute atomic E-state index is 0.989. The van der Waals surface area contributed by atoms with E-state index in [1.165, 1.54) is 32.9 Å². The molecule has 0 radical (unpaired) electrons. The Morgan fingerprint density at radius 1 is 0.696 bits per heavy atom. The number of fused-ring (bicyclic) bond motifs is 3. The van der Waals surface area contributed by atoms with Crippen molar-refractivity contribution < 1.29 is 0 Å². The first-order valence-electron chi connectivity index (χ1n) is 8.11. The number of hydrogen-bond acceptors (Lipinski definition) is 0. The molecule has 0 aliphatic rings. The second kappa shape index (κ2) is 5.77. The Labute approximate surface area is 136 Å². The van der Waals surface area contributed by atoms with Crippen LogP contribution in [0.4, 0.5) is 0 Å². The molecule has 1 nitrogen and oxygen atoms in total. The zero-order valence-electron chi connectivity index (χ0n) is 13.2. The average molecular weight is 297 g/mol. The van der Waals surface area contributed by atoms with E-state index in [1.807, 2.05) is 6.07 Å². The standard InChI is InChI=1S/C22H19N/c1-2-23-21-11-7-6-10-19(21)20-16-18(14-15-22(20)23)13-12-17-8-4-3-5-9-17/h3-16H,2H2,1H3/b13-12+. The number of hydrogen-bond donors (Lipinski definition) is 0. The third kappa shape index (κ3) is 2.44. The molecule has 1 heteroatoms. The lowest BCUT2D eigenvalue weighted by Gasteiger charge is -2.02. The Kier molecular flexibility index (Phi) is 3.47. The summed E-state index contributed by atoms with van der Waals surface area (Å²) >= 11 is 0. The summed E-state index contributed by atoms with van der Waals surface area (Å²) in [6.45, 7) is 3.19. The van der Waals surface area contributed by atoms with Crippen LogP contribution >= 0.6 is 0 Å². The van der Waals surface area contributed by atoms with Gasteiger partial charge < -0.3 is 4.57 Å². The van der Waals surface area contributed by atoms with E-state index in [2.05, 4.69) is 90.4 Å². The topological polar surface area (TPSA) is 4.93 Å². The Morgan fingerprint density at radius 2 is 1.39 bits per heavy atom. The van der Waals surface area contributed by atoms with Crippen LogP contribution in [0.25, 0.3) is 34.0 Å². The molecule has 0 bridgehead atoms. The van der Waals surface area contributed by atoms with Crippen molar-refractivity contribution in [3.63, 3.8) is 0 Å². The van der Waals surface area contributed by atoms with Crippen LogP contribution in [0.3, 0.4) is 0 Å². The molecule has 1 aromatic heterocycles. The SMILES string of the molecule is CCn1c2ccccc2c2cc(/C=C/c3ccccc3)ccc21. The van der Waals surface area contributed by atoms with Crippen LogP contribution < -0.4 is 0 Å². The van der Waals surface area contributed by atoms with Crippen molar-refractivity contribution in [2.24, 2.45) is 0 Å². The van der Waals surface area contributed by atoms with Gasteiger partial charge in [0, 0.05) is 28.4 Å². The molecular weight excluding hydrogens is 278 g/mol. The fraction of sp³-hybridized carbons (Fsp3) is 0.0909. The lowest BCUT2D eigenvalue weighted by Crippen LogP contribution is -1.92. The molecule has 0 saturated heterocycles. The molecule has 112 valence electrons. The van der Waals surface area contributed by atoms with Crippen molar-refractivity contribution >= 4 is 34.0 Å². The van der Waals surface area contributed by atoms with E-state index in [4.69, 9.17) is 0 Å². The van der Waals surface area contributed by atoms with Gasteiger partial charge in [0.05, 0.1) is 0 Å². The zero-order valence-corrected chi connectivity index (χ0v) is 13.2. The summed E-state index contributed by atoms with van der Waals surface area (Å²) < 4.78 is 2.38. The molecule has 0 aliphatic carbocycles. The normalized spacial score (nSPS) is 11.7. The quantitative estimate of drug-likeness (QED) is 0.410. The summed E-state index contributed by atoms with van der Waals surface area (Å²) in [5, 5.41) is 2.66. The Balaban J connectivity index is 1.85. The lowest BCUT2D eigenvalue weighted by molar-refractivity contribution is 0.827. The molecule has 4 rings (SSSR count). The molecule has 3 aromatic carbocycles. The van der Waals surface area contributed by atoms with E-state index in [0.29, 0.717) is 0 Å². The first kappa shape index (κ1) is 13.8. The predicted molar refractivity (Wildman–Crippen MR) is 100 cm³/mol. The van der Waals surface area contributed by atoms with Gasteiger partial charge in [-0.15, -0.1) is 0 Å².